The van der Waals surface area contributed by atoms with Gasteiger partial charge in [-0.05, 0) is 23.8 Å². The molecule has 0 spiro atoms. The highest BCUT2D eigenvalue weighted by Gasteiger charge is 2.23. The topological polar surface area (TPSA) is 60.9 Å². The predicted octanol–water partition coefficient (Wildman–Crippen LogP) is 2.04. The number of hydrogen-bond acceptors (Lipinski definition) is 4. The zero-order chi connectivity index (χ0) is 19.4. The van der Waals surface area contributed by atoms with E-state index in [9.17, 15) is 13.2 Å². The molecular weight excluding hydrogens is 362 g/mol. The van der Waals surface area contributed by atoms with E-state index in [-0.39, 0.29) is 5.91 Å². The monoisotopic (exact) mass is 387 g/mol. The molecule has 7 heteroatoms. The van der Waals surface area contributed by atoms with E-state index in [1.807, 2.05) is 23.1 Å². The summed E-state index contributed by atoms with van der Waals surface area (Å²) in [5.41, 5.74) is 2.28. The summed E-state index contributed by atoms with van der Waals surface area (Å²) in [7, 11) is -1.87. The lowest BCUT2D eigenvalue weighted by Gasteiger charge is -2.35. The lowest BCUT2D eigenvalue weighted by atomic mass is 10.1. The second-order valence-electron chi connectivity index (χ2n) is 6.83. The normalized spacial score (nSPS) is 15.6. The molecule has 1 heterocycles. The maximum Gasteiger partial charge on any atom is 0.254 e. The van der Waals surface area contributed by atoms with Crippen LogP contribution in [0.5, 0.6) is 0 Å². The van der Waals surface area contributed by atoms with E-state index in [1.54, 1.807) is 24.3 Å². The molecule has 0 unspecified atom stereocenters. The number of nitrogens with zero attached hydrogens (tertiary/aromatic N) is 3. The molecule has 0 aromatic heterocycles. The summed E-state index contributed by atoms with van der Waals surface area (Å²) in [5.74, 6) is -0.0573. The summed E-state index contributed by atoms with van der Waals surface area (Å²) in [4.78, 5) is 17.0. The van der Waals surface area contributed by atoms with Gasteiger partial charge < -0.3 is 4.90 Å². The van der Waals surface area contributed by atoms with Gasteiger partial charge in [-0.15, -0.1) is 0 Å². The summed E-state index contributed by atoms with van der Waals surface area (Å²) >= 11 is 0. The van der Waals surface area contributed by atoms with Gasteiger partial charge in [0, 0.05) is 45.3 Å². The molecule has 0 saturated carbocycles. The highest BCUT2D eigenvalue weighted by Crippen LogP contribution is 2.19. The van der Waals surface area contributed by atoms with E-state index in [1.165, 1.54) is 16.9 Å². The molecule has 1 aliphatic heterocycles. The molecular formula is C20H25N3O3S. The smallest absolute Gasteiger partial charge is 0.254 e. The van der Waals surface area contributed by atoms with Crippen LogP contribution in [0.1, 0.15) is 15.9 Å². The van der Waals surface area contributed by atoms with E-state index in [0.717, 1.165) is 25.9 Å². The number of benzene rings is 2. The van der Waals surface area contributed by atoms with Crippen LogP contribution >= 0.6 is 0 Å². The molecule has 1 fully saturated rings. The standard InChI is InChI=1S/C20H25N3O3S/c1-21(27(2,25)26)19-10-6-9-18(15-19)20(24)23-13-11-22(12-14-23)16-17-7-4-3-5-8-17/h3-10,15H,11-14,16H2,1-2H3. The average Bonchev–Trinajstić information content (AvgIpc) is 2.67. The third-order valence-corrected chi connectivity index (χ3v) is 6.07. The zero-order valence-electron chi connectivity index (χ0n) is 15.7. The van der Waals surface area contributed by atoms with E-state index in [0.29, 0.717) is 24.3 Å². The first kappa shape index (κ1) is 19.4. The first-order chi connectivity index (χ1) is 12.8. The van der Waals surface area contributed by atoms with E-state index in [4.69, 9.17) is 0 Å². The van der Waals surface area contributed by atoms with Gasteiger partial charge in [-0.25, -0.2) is 8.42 Å². The molecule has 3 rings (SSSR count). The van der Waals surface area contributed by atoms with Gasteiger partial charge in [0.15, 0.2) is 0 Å². The first-order valence-corrected chi connectivity index (χ1v) is 10.8. The zero-order valence-corrected chi connectivity index (χ0v) is 16.5. The molecule has 2 aromatic rings. The Labute approximate surface area is 161 Å². The maximum absolute atomic E-state index is 12.8. The van der Waals surface area contributed by atoms with Crippen molar-refractivity contribution < 1.29 is 13.2 Å². The van der Waals surface area contributed by atoms with Gasteiger partial charge in [0.05, 0.1) is 11.9 Å². The number of sulfonamides is 1. The lowest BCUT2D eigenvalue weighted by molar-refractivity contribution is 0.0628. The van der Waals surface area contributed by atoms with Crippen LogP contribution in [0.2, 0.25) is 0 Å². The Kier molecular flexibility index (Phi) is 5.82. The molecule has 6 nitrogen and oxygen atoms in total. The van der Waals surface area contributed by atoms with Crippen LogP contribution in [0.3, 0.4) is 0 Å². The fraction of sp³-hybridized carbons (Fsp3) is 0.350. The fourth-order valence-electron chi connectivity index (χ4n) is 3.16. The van der Waals surface area contributed by atoms with Gasteiger partial charge in [-0.3, -0.25) is 14.0 Å². The minimum absolute atomic E-state index is 0.0573. The van der Waals surface area contributed by atoms with Crippen molar-refractivity contribution in [2.24, 2.45) is 0 Å². The Bertz CT molecular complexity index is 892. The van der Waals surface area contributed by atoms with E-state index >= 15 is 0 Å². The molecule has 2 aromatic carbocycles. The van der Waals surface area contributed by atoms with Crippen molar-refractivity contribution in [3.05, 3.63) is 65.7 Å². The van der Waals surface area contributed by atoms with E-state index < -0.39 is 10.0 Å². The van der Waals surface area contributed by atoms with Crippen molar-refractivity contribution in [3.8, 4) is 0 Å². The van der Waals surface area contributed by atoms with E-state index in [2.05, 4.69) is 17.0 Å². The molecule has 144 valence electrons. The molecule has 0 N–H and O–H groups in total. The fourth-order valence-corrected chi connectivity index (χ4v) is 3.66. The summed E-state index contributed by atoms with van der Waals surface area (Å²) in [6, 6.07) is 17.1. The highest BCUT2D eigenvalue weighted by molar-refractivity contribution is 7.92. The summed E-state index contributed by atoms with van der Waals surface area (Å²) in [6.07, 6.45) is 1.15. The third-order valence-electron chi connectivity index (χ3n) is 4.86. The lowest BCUT2D eigenvalue weighted by Crippen LogP contribution is -2.48. The first-order valence-electron chi connectivity index (χ1n) is 8.94. The molecule has 0 radical (unpaired) electrons. The Balaban J connectivity index is 1.62. The molecule has 27 heavy (non-hydrogen) atoms. The maximum atomic E-state index is 12.8. The second kappa shape index (κ2) is 8.10. The van der Waals surface area contributed by atoms with Crippen molar-refractivity contribution in [1.82, 2.24) is 9.80 Å². The number of hydrogen-bond donors (Lipinski definition) is 0. The third kappa shape index (κ3) is 4.87. The van der Waals surface area contributed by atoms with Crippen molar-refractivity contribution in [2.75, 3.05) is 43.8 Å². The van der Waals surface area contributed by atoms with Crippen LogP contribution in [0.25, 0.3) is 0 Å². The van der Waals surface area contributed by atoms with Crippen LogP contribution < -0.4 is 4.31 Å². The summed E-state index contributed by atoms with van der Waals surface area (Å²) < 4.78 is 24.6. The van der Waals surface area contributed by atoms with Crippen LogP contribution in [0, 0.1) is 0 Å². The number of carbonyl (C=O) groups excluding carboxylic acids is 1. The average molecular weight is 388 g/mol. The molecule has 0 bridgehead atoms. The SMILES string of the molecule is CN(c1cccc(C(=O)N2CCN(Cc3ccccc3)CC2)c1)S(C)(=O)=O. The number of rotatable bonds is 5. The molecule has 0 aliphatic carbocycles. The minimum atomic E-state index is -3.36. The van der Waals surface area contributed by atoms with Crippen molar-refractivity contribution in [1.29, 1.82) is 0 Å². The van der Waals surface area contributed by atoms with Gasteiger partial charge in [0.25, 0.3) is 5.91 Å². The van der Waals surface area contributed by atoms with Gasteiger partial charge in [0.2, 0.25) is 10.0 Å². The number of carbonyl (C=O) groups is 1. The summed E-state index contributed by atoms with van der Waals surface area (Å²) in [6.45, 7) is 3.86. The van der Waals surface area contributed by atoms with Crippen LogP contribution in [-0.4, -0.2) is 63.6 Å². The minimum Gasteiger partial charge on any atom is -0.336 e. The summed E-state index contributed by atoms with van der Waals surface area (Å²) in [5, 5.41) is 0. The van der Waals surface area contributed by atoms with Gasteiger partial charge >= 0.3 is 0 Å². The van der Waals surface area contributed by atoms with Crippen LogP contribution in [0.15, 0.2) is 54.6 Å². The van der Waals surface area contributed by atoms with Gasteiger partial charge in [-0.1, -0.05) is 36.4 Å². The van der Waals surface area contributed by atoms with Gasteiger partial charge in [-0.2, -0.15) is 0 Å². The number of anilines is 1. The Morgan fingerprint density at radius 3 is 2.30 bits per heavy atom. The molecule has 1 saturated heterocycles. The second-order valence-corrected chi connectivity index (χ2v) is 8.85. The van der Waals surface area contributed by atoms with Crippen molar-refractivity contribution in [2.45, 2.75) is 6.54 Å². The van der Waals surface area contributed by atoms with Crippen molar-refractivity contribution >= 4 is 21.6 Å². The number of amides is 1. The Morgan fingerprint density at radius 1 is 1.00 bits per heavy atom. The predicted molar refractivity (Wildman–Crippen MR) is 107 cm³/mol. The molecule has 1 aliphatic rings. The molecule has 0 atom stereocenters. The largest absolute Gasteiger partial charge is 0.336 e. The number of piperazine rings is 1. The van der Waals surface area contributed by atoms with Gasteiger partial charge in [0.1, 0.15) is 0 Å². The highest BCUT2D eigenvalue weighted by atomic mass is 32.2. The Hall–Kier alpha value is -2.38. The quantitative estimate of drug-likeness (QED) is 0.788. The van der Waals surface area contributed by atoms with Crippen molar-refractivity contribution in [3.63, 3.8) is 0 Å². The molecule has 1 amide bonds. The van der Waals surface area contributed by atoms with Crippen LogP contribution in [-0.2, 0) is 16.6 Å². The Morgan fingerprint density at radius 2 is 1.67 bits per heavy atom. The van der Waals surface area contributed by atoms with Crippen LogP contribution in [0.4, 0.5) is 5.69 Å².